The normalized spacial score (nSPS) is 21.6. The monoisotopic (exact) mass is 188 g/mol. The van der Waals surface area contributed by atoms with Gasteiger partial charge in [0.05, 0.1) is 0 Å². The molecule has 11 heavy (non-hydrogen) atoms. The first-order valence-corrected chi connectivity index (χ1v) is 5.38. The molecule has 0 bridgehead atoms. The van der Waals surface area contributed by atoms with Crippen LogP contribution in [0.3, 0.4) is 0 Å². The number of ether oxygens (including phenoxy) is 1. The second-order valence-electron chi connectivity index (χ2n) is 1.86. The molecule has 0 amide bonds. The Morgan fingerprint density at radius 1 is 1.82 bits per heavy atom. The summed E-state index contributed by atoms with van der Waals surface area (Å²) in [5.41, 5.74) is 0. The molecule has 60 valence electrons. The van der Waals surface area contributed by atoms with Crippen molar-refractivity contribution in [1.82, 2.24) is 0 Å². The Hall–Kier alpha value is -0.350. The number of hydrogen-bond acceptors (Lipinski definition) is 4. The van der Waals surface area contributed by atoms with Crippen LogP contribution in [-0.2, 0) is 9.53 Å². The van der Waals surface area contributed by atoms with E-state index in [0.717, 1.165) is 0 Å². The van der Waals surface area contributed by atoms with Gasteiger partial charge in [-0.1, -0.05) is 40.3 Å². The molecule has 1 heterocycles. The lowest BCUT2D eigenvalue weighted by Crippen LogP contribution is -2.15. The van der Waals surface area contributed by atoms with E-state index in [2.05, 4.69) is 6.58 Å². The maximum Gasteiger partial charge on any atom is 0.324 e. The molecule has 0 fully saturated rings. The molecular formula is C7H8O2S2. The topological polar surface area (TPSA) is 26.3 Å². The lowest BCUT2D eigenvalue weighted by Gasteiger charge is -2.04. The van der Waals surface area contributed by atoms with Crippen LogP contribution in [0.2, 0.25) is 0 Å². The highest BCUT2D eigenvalue weighted by molar-refractivity contribution is 8.78. The fourth-order valence-electron chi connectivity index (χ4n) is 0.568. The number of rotatable bonds is 3. The molecule has 1 aliphatic heterocycles. The quantitative estimate of drug-likeness (QED) is 0.384. The van der Waals surface area contributed by atoms with Gasteiger partial charge in [0.15, 0.2) is 0 Å². The molecule has 1 unspecified atom stereocenters. The standard InChI is InChI=1S/C7H8O2S2/c1-2-4-9-7(8)6-3-5-10-11-6/h2-3,5-6H,1,4H2. The Kier molecular flexibility index (Phi) is 3.59. The van der Waals surface area contributed by atoms with Crippen molar-refractivity contribution in [2.24, 2.45) is 0 Å². The fraction of sp³-hybridized carbons (Fsp3) is 0.286. The number of carbonyl (C=O) groups is 1. The van der Waals surface area contributed by atoms with Gasteiger partial charge in [0.25, 0.3) is 0 Å². The van der Waals surface area contributed by atoms with Gasteiger partial charge in [0, 0.05) is 0 Å². The highest BCUT2D eigenvalue weighted by Crippen LogP contribution is 2.35. The van der Waals surface area contributed by atoms with Crippen LogP contribution in [0.15, 0.2) is 24.1 Å². The first-order chi connectivity index (χ1) is 5.34. The zero-order valence-electron chi connectivity index (χ0n) is 5.86. The summed E-state index contributed by atoms with van der Waals surface area (Å²) in [5.74, 6) is -0.184. The van der Waals surface area contributed by atoms with Crippen molar-refractivity contribution < 1.29 is 9.53 Å². The Morgan fingerprint density at radius 3 is 3.18 bits per heavy atom. The average molecular weight is 188 g/mol. The van der Waals surface area contributed by atoms with Gasteiger partial charge in [0.2, 0.25) is 0 Å². The van der Waals surface area contributed by atoms with Crippen molar-refractivity contribution >= 4 is 27.6 Å². The highest BCUT2D eigenvalue weighted by atomic mass is 33.1. The van der Waals surface area contributed by atoms with Crippen molar-refractivity contribution in [2.45, 2.75) is 5.25 Å². The van der Waals surface area contributed by atoms with Gasteiger partial charge in [-0.2, -0.15) is 0 Å². The summed E-state index contributed by atoms with van der Waals surface area (Å²) in [4.78, 5) is 11.0. The van der Waals surface area contributed by atoms with Gasteiger partial charge in [-0.3, -0.25) is 4.79 Å². The molecule has 0 saturated carbocycles. The second kappa shape index (κ2) is 4.51. The van der Waals surface area contributed by atoms with Crippen LogP contribution in [0.4, 0.5) is 0 Å². The van der Waals surface area contributed by atoms with Crippen LogP contribution in [0.1, 0.15) is 0 Å². The van der Waals surface area contributed by atoms with Crippen molar-refractivity contribution in [1.29, 1.82) is 0 Å². The summed E-state index contributed by atoms with van der Waals surface area (Å²) < 4.78 is 4.83. The zero-order chi connectivity index (χ0) is 8.10. The maximum atomic E-state index is 11.0. The number of hydrogen-bond donors (Lipinski definition) is 0. The van der Waals surface area contributed by atoms with Crippen LogP contribution in [-0.4, -0.2) is 17.8 Å². The number of esters is 1. The third kappa shape index (κ3) is 2.63. The Bertz CT molecular complexity index is 189. The van der Waals surface area contributed by atoms with Gasteiger partial charge in [0.1, 0.15) is 11.9 Å². The molecule has 0 aromatic carbocycles. The molecule has 4 heteroatoms. The van der Waals surface area contributed by atoms with E-state index in [-0.39, 0.29) is 11.2 Å². The first-order valence-electron chi connectivity index (χ1n) is 3.11. The molecule has 0 saturated heterocycles. The predicted octanol–water partition coefficient (Wildman–Crippen LogP) is 1.99. The Balaban J connectivity index is 2.29. The minimum absolute atomic E-state index is 0.125. The maximum absolute atomic E-state index is 11.0. The largest absolute Gasteiger partial charge is 0.460 e. The smallest absolute Gasteiger partial charge is 0.324 e. The summed E-state index contributed by atoms with van der Waals surface area (Å²) in [5, 5.41) is 1.77. The SMILES string of the molecule is C=CCOC(=O)C1C=CSS1. The van der Waals surface area contributed by atoms with Crippen LogP contribution >= 0.6 is 21.6 Å². The second-order valence-corrected chi connectivity index (χ2v) is 4.18. The highest BCUT2D eigenvalue weighted by Gasteiger charge is 2.20. The van der Waals surface area contributed by atoms with Crippen LogP contribution < -0.4 is 0 Å². The van der Waals surface area contributed by atoms with Crippen molar-refractivity contribution in [3.05, 3.63) is 24.1 Å². The summed E-state index contributed by atoms with van der Waals surface area (Å²) >= 11 is 0. The zero-order valence-corrected chi connectivity index (χ0v) is 7.49. The molecule has 0 radical (unpaired) electrons. The van der Waals surface area contributed by atoms with E-state index >= 15 is 0 Å². The molecule has 2 nitrogen and oxygen atoms in total. The van der Waals surface area contributed by atoms with Crippen LogP contribution in [0.5, 0.6) is 0 Å². The molecule has 0 aromatic rings. The minimum atomic E-state index is -0.184. The summed E-state index contributed by atoms with van der Waals surface area (Å²) in [6.45, 7) is 3.75. The van der Waals surface area contributed by atoms with Crippen molar-refractivity contribution in [3.63, 3.8) is 0 Å². The lowest BCUT2D eigenvalue weighted by atomic mass is 10.4. The predicted molar refractivity (Wildman–Crippen MR) is 49.3 cm³/mol. The lowest BCUT2D eigenvalue weighted by molar-refractivity contribution is -0.140. The minimum Gasteiger partial charge on any atom is -0.460 e. The average Bonchev–Trinajstić information content (AvgIpc) is 2.52. The van der Waals surface area contributed by atoms with Gasteiger partial charge in [-0.25, -0.2) is 0 Å². The van der Waals surface area contributed by atoms with E-state index in [1.807, 2.05) is 11.5 Å². The number of carbonyl (C=O) groups excluding carboxylic acids is 1. The molecule has 1 atom stereocenters. The van der Waals surface area contributed by atoms with Crippen LogP contribution in [0, 0.1) is 0 Å². The molecular weight excluding hydrogens is 180 g/mol. The summed E-state index contributed by atoms with van der Waals surface area (Å²) in [6, 6.07) is 0. The van der Waals surface area contributed by atoms with E-state index in [0.29, 0.717) is 6.61 Å². The molecule has 0 aliphatic carbocycles. The first kappa shape index (κ1) is 8.74. The van der Waals surface area contributed by atoms with Crippen molar-refractivity contribution in [3.8, 4) is 0 Å². The van der Waals surface area contributed by atoms with Gasteiger partial charge in [-0.15, -0.1) is 0 Å². The van der Waals surface area contributed by atoms with Crippen LogP contribution in [0.25, 0.3) is 0 Å². The summed E-state index contributed by atoms with van der Waals surface area (Å²) in [7, 11) is 3.05. The van der Waals surface area contributed by atoms with Gasteiger partial charge >= 0.3 is 5.97 Å². The molecule has 0 aromatic heterocycles. The van der Waals surface area contributed by atoms with E-state index in [1.165, 1.54) is 10.8 Å². The fourth-order valence-corrected chi connectivity index (χ4v) is 2.53. The molecule has 0 N–H and O–H groups in total. The van der Waals surface area contributed by atoms with E-state index in [4.69, 9.17) is 4.74 Å². The summed E-state index contributed by atoms with van der Waals surface area (Å²) in [6.07, 6.45) is 3.40. The van der Waals surface area contributed by atoms with E-state index < -0.39 is 0 Å². The van der Waals surface area contributed by atoms with E-state index in [1.54, 1.807) is 16.9 Å². The Labute approximate surface area is 73.5 Å². The van der Waals surface area contributed by atoms with Crippen molar-refractivity contribution in [2.75, 3.05) is 6.61 Å². The third-order valence-corrected chi connectivity index (χ3v) is 3.27. The molecule has 1 rings (SSSR count). The van der Waals surface area contributed by atoms with E-state index in [9.17, 15) is 4.79 Å². The van der Waals surface area contributed by atoms with Gasteiger partial charge in [-0.05, 0) is 5.41 Å². The van der Waals surface area contributed by atoms with Gasteiger partial charge < -0.3 is 4.74 Å². The third-order valence-electron chi connectivity index (χ3n) is 1.04. The molecule has 1 aliphatic rings. The molecule has 0 spiro atoms. The Morgan fingerprint density at radius 2 is 2.64 bits per heavy atom.